The third-order valence-corrected chi connectivity index (χ3v) is 12.5. The van der Waals surface area contributed by atoms with Crippen molar-refractivity contribution in [3.63, 3.8) is 0 Å². The monoisotopic (exact) mass is 438 g/mol. The van der Waals surface area contributed by atoms with Crippen molar-refractivity contribution < 1.29 is 5.11 Å². The second kappa shape index (κ2) is 7.70. The van der Waals surface area contributed by atoms with Crippen LogP contribution in [0.3, 0.4) is 0 Å². The van der Waals surface area contributed by atoms with Gasteiger partial charge in [0.25, 0.3) is 0 Å². The van der Waals surface area contributed by atoms with E-state index >= 15 is 0 Å². The molecule has 0 aliphatic rings. The van der Waals surface area contributed by atoms with Crippen LogP contribution in [0.1, 0.15) is 5.56 Å². The summed E-state index contributed by atoms with van der Waals surface area (Å²) in [5.41, 5.74) is 1.53. The van der Waals surface area contributed by atoms with Crippen molar-refractivity contribution >= 4 is 33.4 Å². The van der Waals surface area contributed by atoms with E-state index in [2.05, 4.69) is 57.0 Å². The van der Waals surface area contributed by atoms with Crippen LogP contribution >= 0.6 is 6.60 Å². The summed E-state index contributed by atoms with van der Waals surface area (Å²) in [6.07, 6.45) is 0. The first kappa shape index (κ1) is 20.1. The first-order valence-electron chi connectivity index (χ1n) is 10.4. The van der Waals surface area contributed by atoms with E-state index in [-0.39, 0.29) is 5.75 Å². The Labute approximate surface area is 186 Å². The molecule has 32 heavy (non-hydrogen) atoms. The number of phenols is 1. The Morgan fingerprint density at radius 1 is 0.688 bits per heavy atom. The quantitative estimate of drug-likeness (QED) is 0.414. The van der Waals surface area contributed by atoms with Crippen LogP contribution in [0.5, 0.6) is 5.75 Å². The van der Waals surface area contributed by atoms with Gasteiger partial charge in [0, 0.05) is 0 Å². The number of H-pyrrole nitrogens is 1. The van der Waals surface area contributed by atoms with Crippen molar-refractivity contribution in [1.29, 1.82) is 0 Å². The van der Waals surface area contributed by atoms with Crippen molar-refractivity contribution in [3.05, 3.63) is 115 Å². The number of nitrogens with one attached hydrogen (secondary N) is 1. The maximum atomic E-state index is 11.5. The SMILES string of the molecule is Cc1ccc(P(c2ccccc2)(c2ccccc2)(c2ccccc2)c2nn[nH]n2)c(O)c1. The molecular weight excluding hydrogens is 415 g/mol. The van der Waals surface area contributed by atoms with Gasteiger partial charge in [0.15, 0.2) is 0 Å². The van der Waals surface area contributed by atoms with Crippen molar-refractivity contribution in [2.45, 2.75) is 6.92 Å². The molecule has 1 heterocycles. The predicted octanol–water partition coefficient (Wildman–Crippen LogP) is 2.69. The zero-order chi connectivity index (χ0) is 22.0. The molecule has 0 saturated carbocycles. The number of aromatic amines is 1. The molecule has 0 radical (unpaired) electrons. The number of nitrogens with zero attached hydrogens (tertiary/aromatic N) is 3. The Balaban J connectivity index is 2.15. The molecule has 0 atom stereocenters. The van der Waals surface area contributed by atoms with Crippen molar-refractivity contribution in [2.75, 3.05) is 0 Å². The van der Waals surface area contributed by atoms with E-state index in [4.69, 9.17) is 0 Å². The summed E-state index contributed by atoms with van der Waals surface area (Å²) in [4.78, 5) is 0. The van der Waals surface area contributed by atoms with Crippen molar-refractivity contribution in [1.82, 2.24) is 20.6 Å². The second-order valence-corrected chi connectivity index (χ2v) is 12.5. The Bertz CT molecular complexity index is 1240. The minimum absolute atomic E-state index is 0.212. The fourth-order valence-corrected chi connectivity index (χ4v) is 11.2. The third kappa shape index (κ3) is 2.58. The van der Waals surface area contributed by atoms with Crippen molar-refractivity contribution in [2.24, 2.45) is 0 Å². The number of hydrogen-bond donors (Lipinski definition) is 2. The van der Waals surface area contributed by atoms with Gasteiger partial charge in [-0.2, -0.15) is 0 Å². The van der Waals surface area contributed by atoms with Gasteiger partial charge in [-0.25, -0.2) is 0 Å². The molecule has 0 unspecified atom stereocenters. The van der Waals surface area contributed by atoms with Gasteiger partial charge in [-0.15, -0.1) is 0 Å². The van der Waals surface area contributed by atoms with E-state index < -0.39 is 6.60 Å². The number of aromatic nitrogens is 4. The van der Waals surface area contributed by atoms with Crippen molar-refractivity contribution in [3.8, 4) is 5.75 Å². The van der Waals surface area contributed by atoms with Gasteiger partial charge in [0.2, 0.25) is 0 Å². The molecule has 0 spiro atoms. The van der Waals surface area contributed by atoms with E-state index in [0.717, 1.165) is 26.8 Å². The maximum absolute atomic E-state index is 11.5. The number of rotatable bonds is 5. The summed E-state index contributed by atoms with van der Waals surface area (Å²) >= 11 is 0. The zero-order valence-electron chi connectivity index (χ0n) is 17.6. The van der Waals surface area contributed by atoms with Gasteiger partial charge >= 0.3 is 187 Å². The molecule has 6 heteroatoms. The van der Waals surface area contributed by atoms with Crippen LogP contribution in [0, 0.1) is 6.92 Å². The Kier molecular flexibility index (Phi) is 4.84. The Morgan fingerprint density at radius 3 is 1.59 bits per heavy atom. The van der Waals surface area contributed by atoms with E-state index in [1.165, 1.54) is 0 Å². The van der Waals surface area contributed by atoms with Crippen LogP contribution in [0.2, 0.25) is 0 Å². The van der Waals surface area contributed by atoms with Crippen LogP contribution in [0.25, 0.3) is 0 Å². The predicted molar refractivity (Wildman–Crippen MR) is 131 cm³/mol. The molecule has 5 rings (SSSR count). The number of hydrogen-bond acceptors (Lipinski definition) is 4. The number of phenolic OH excluding ortho intramolecular Hbond substituents is 1. The fraction of sp³-hybridized carbons (Fsp3) is 0.0385. The van der Waals surface area contributed by atoms with Crippen LogP contribution in [0.15, 0.2) is 109 Å². The molecule has 0 amide bonds. The molecule has 4 aromatic carbocycles. The zero-order valence-corrected chi connectivity index (χ0v) is 18.5. The van der Waals surface area contributed by atoms with Gasteiger partial charge < -0.3 is 0 Å². The molecule has 2 N–H and O–H groups in total. The standard InChI is InChI=1S/C26H23N4OP/c1-20-17-18-25(24(31)19-20)32(26-27-29-30-28-26,21-11-5-2-6-12-21,22-13-7-3-8-14-22)23-15-9-4-10-16-23/h2-19,31H,1H3,(H,27,28,29,30). The first-order chi connectivity index (χ1) is 15.7. The number of aromatic hydroxyl groups is 1. The average molecular weight is 438 g/mol. The summed E-state index contributed by atoms with van der Waals surface area (Å²) in [5, 5.41) is 31.3. The molecule has 0 aliphatic carbocycles. The van der Waals surface area contributed by atoms with Gasteiger partial charge in [0.1, 0.15) is 0 Å². The summed E-state index contributed by atoms with van der Waals surface area (Å²) < 4.78 is 0. The Morgan fingerprint density at radius 2 is 1.19 bits per heavy atom. The molecule has 0 aliphatic heterocycles. The summed E-state index contributed by atoms with van der Waals surface area (Å²) in [7, 11) is 0. The van der Waals surface area contributed by atoms with Gasteiger partial charge in [-0.05, 0) is 0 Å². The molecule has 0 saturated heterocycles. The van der Waals surface area contributed by atoms with E-state index in [0.29, 0.717) is 5.57 Å². The summed E-state index contributed by atoms with van der Waals surface area (Å²) in [6.45, 7) is -1.87. The molecule has 5 aromatic rings. The van der Waals surface area contributed by atoms with Crippen LogP contribution in [0.4, 0.5) is 0 Å². The molecule has 158 valence electrons. The van der Waals surface area contributed by atoms with Gasteiger partial charge in [-0.3, -0.25) is 0 Å². The topological polar surface area (TPSA) is 74.7 Å². The molecule has 5 nitrogen and oxygen atoms in total. The molecule has 0 fully saturated rings. The third-order valence-electron chi connectivity index (χ3n) is 6.16. The van der Waals surface area contributed by atoms with E-state index in [1.54, 1.807) is 0 Å². The van der Waals surface area contributed by atoms with E-state index in [9.17, 15) is 5.11 Å². The molecule has 0 bridgehead atoms. The number of aryl methyl sites for hydroxylation is 1. The normalized spacial score (nSPS) is 12.7. The number of benzene rings is 4. The van der Waals surface area contributed by atoms with Crippen LogP contribution < -0.4 is 26.8 Å². The van der Waals surface area contributed by atoms with E-state index in [1.807, 2.05) is 79.7 Å². The fourth-order valence-electron chi connectivity index (χ4n) is 4.85. The van der Waals surface area contributed by atoms with Gasteiger partial charge in [-0.1, -0.05) is 0 Å². The minimum atomic E-state index is -3.84. The number of tetrazole rings is 1. The molecule has 1 aromatic heterocycles. The first-order valence-corrected chi connectivity index (χ1v) is 12.6. The Hall–Kier alpha value is -3.82. The van der Waals surface area contributed by atoms with Gasteiger partial charge in [0.05, 0.1) is 0 Å². The second-order valence-electron chi connectivity index (χ2n) is 7.83. The van der Waals surface area contributed by atoms with Crippen LogP contribution in [-0.2, 0) is 0 Å². The average Bonchev–Trinajstić information content (AvgIpc) is 3.39. The van der Waals surface area contributed by atoms with Crippen LogP contribution in [-0.4, -0.2) is 25.7 Å². The summed E-state index contributed by atoms with van der Waals surface area (Å²) in [5.74, 6) is 0.212. The molecular formula is C26H23N4OP. The summed E-state index contributed by atoms with van der Waals surface area (Å²) in [6, 6.07) is 36.6.